The molecule has 0 unspecified atom stereocenters. The lowest BCUT2D eigenvalue weighted by atomic mass is 10.1. The van der Waals surface area contributed by atoms with Gasteiger partial charge in [-0.2, -0.15) is 0 Å². The first-order valence-electron chi connectivity index (χ1n) is 7.97. The Kier molecular flexibility index (Phi) is 6.00. The van der Waals surface area contributed by atoms with Gasteiger partial charge in [0.05, 0.1) is 0 Å². The third kappa shape index (κ3) is 4.68. The molecule has 2 rings (SSSR count). The van der Waals surface area contributed by atoms with Crippen molar-refractivity contribution in [2.45, 2.75) is 27.7 Å². The van der Waals surface area contributed by atoms with E-state index in [2.05, 4.69) is 82.3 Å². The van der Waals surface area contributed by atoms with E-state index in [4.69, 9.17) is 0 Å². The maximum Gasteiger partial charge on any atom is -0.0107 e. The Morgan fingerprint density at radius 3 is 1.81 bits per heavy atom. The molecule has 0 amide bonds. The second-order valence-corrected chi connectivity index (χ2v) is 8.87. The van der Waals surface area contributed by atoms with E-state index >= 15 is 0 Å². The summed E-state index contributed by atoms with van der Waals surface area (Å²) in [6, 6.07) is 19.9. The van der Waals surface area contributed by atoms with Crippen LogP contribution in [0.25, 0.3) is 11.1 Å². The third-order valence-corrected chi connectivity index (χ3v) is 6.91. The molecule has 0 N–H and O–H groups in total. The Balaban J connectivity index is 2.40. The van der Waals surface area contributed by atoms with Gasteiger partial charge in [0.15, 0.2) is 0 Å². The molecule has 2 aromatic rings. The first-order chi connectivity index (χ1) is 10.1. The van der Waals surface area contributed by atoms with Crippen molar-refractivity contribution in [3.05, 3.63) is 54.6 Å². The van der Waals surface area contributed by atoms with Crippen molar-refractivity contribution in [1.82, 2.24) is 0 Å². The maximum absolute atomic E-state index is 2.36. The van der Waals surface area contributed by atoms with Crippen molar-refractivity contribution >= 4 is 13.2 Å². The van der Waals surface area contributed by atoms with Crippen molar-refractivity contribution in [3.8, 4) is 11.1 Å². The molecule has 0 fully saturated rings. The Morgan fingerprint density at radius 2 is 1.24 bits per heavy atom. The molecule has 0 aliphatic carbocycles. The molecule has 0 nitrogen and oxygen atoms in total. The highest BCUT2D eigenvalue weighted by Crippen LogP contribution is 2.41. The second kappa shape index (κ2) is 7.76. The van der Waals surface area contributed by atoms with Gasteiger partial charge in [-0.15, -0.1) is 0 Å². The second-order valence-electron chi connectivity index (χ2n) is 6.58. The molecule has 0 saturated heterocycles. The summed E-state index contributed by atoms with van der Waals surface area (Å²) in [6.45, 7) is 9.39. The third-order valence-electron chi connectivity index (χ3n) is 3.50. The Hall–Kier alpha value is -1.13. The van der Waals surface area contributed by atoms with E-state index in [0.717, 1.165) is 11.8 Å². The van der Waals surface area contributed by atoms with Crippen molar-refractivity contribution in [1.29, 1.82) is 0 Å². The van der Waals surface area contributed by atoms with E-state index in [0.29, 0.717) is 0 Å². The lowest BCUT2D eigenvalue weighted by Crippen LogP contribution is -2.14. The van der Waals surface area contributed by atoms with Crippen LogP contribution in [-0.4, -0.2) is 12.3 Å². The van der Waals surface area contributed by atoms with E-state index in [1.165, 1.54) is 23.5 Å². The normalized spacial score (nSPS) is 11.6. The minimum absolute atomic E-state index is 0.0791. The summed E-state index contributed by atoms with van der Waals surface area (Å²) in [5.41, 5.74) is 2.79. The Labute approximate surface area is 131 Å². The van der Waals surface area contributed by atoms with Crippen LogP contribution >= 0.6 is 7.92 Å². The maximum atomic E-state index is 2.36. The highest BCUT2D eigenvalue weighted by atomic mass is 31.1. The monoisotopic (exact) mass is 298 g/mol. The first-order valence-corrected chi connectivity index (χ1v) is 9.68. The van der Waals surface area contributed by atoms with Gasteiger partial charge in [0, 0.05) is 0 Å². The van der Waals surface area contributed by atoms with Gasteiger partial charge in [-0.25, -0.2) is 0 Å². The average Bonchev–Trinajstić information content (AvgIpc) is 2.46. The zero-order valence-corrected chi connectivity index (χ0v) is 14.6. The van der Waals surface area contributed by atoms with Crippen molar-refractivity contribution in [2.24, 2.45) is 11.8 Å². The number of hydrogen-bond donors (Lipinski definition) is 0. The van der Waals surface area contributed by atoms with Crippen LogP contribution < -0.4 is 5.30 Å². The van der Waals surface area contributed by atoms with E-state index in [-0.39, 0.29) is 7.92 Å². The minimum atomic E-state index is -0.0791. The van der Waals surface area contributed by atoms with Crippen LogP contribution in [0, 0.1) is 11.8 Å². The molecule has 112 valence electrons. The Morgan fingerprint density at radius 1 is 0.714 bits per heavy atom. The molecule has 0 spiro atoms. The fourth-order valence-electron chi connectivity index (χ4n) is 2.76. The summed E-state index contributed by atoms with van der Waals surface area (Å²) in [7, 11) is -0.0791. The smallest absolute Gasteiger partial charge is 0.0107 e. The zero-order valence-electron chi connectivity index (χ0n) is 13.7. The van der Waals surface area contributed by atoms with Gasteiger partial charge in [0.25, 0.3) is 0 Å². The molecule has 0 aromatic heterocycles. The molecule has 0 aliphatic heterocycles. The fraction of sp³-hybridized carbons (Fsp3) is 0.400. The Bertz CT molecular complexity index is 533. The van der Waals surface area contributed by atoms with Gasteiger partial charge in [-0.1, -0.05) is 90.2 Å². The summed E-state index contributed by atoms with van der Waals surface area (Å²) in [4.78, 5) is 0. The van der Waals surface area contributed by atoms with Gasteiger partial charge >= 0.3 is 0 Å². The molecule has 0 bridgehead atoms. The molecule has 2 aromatic carbocycles. The molecule has 1 heteroatoms. The summed E-state index contributed by atoms with van der Waals surface area (Å²) >= 11 is 0. The molecular formula is C20H27P. The molecule has 0 saturated carbocycles. The fourth-order valence-corrected chi connectivity index (χ4v) is 5.91. The summed E-state index contributed by atoms with van der Waals surface area (Å²) < 4.78 is 0. The van der Waals surface area contributed by atoms with Crippen LogP contribution in [0.15, 0.2) is 54.6 Å². The molecule has 0 aliphatic rings. The van der Waals surface area contributed by atoms with Crippen LogP contribution in [-0.2, 0) is 0 Å². The average molecular weight is 298 g/mol. The number of benzene rings is 2. The van der Waals surface area contributed by atoms with Crippen LogP contribution in [0.4, 0.5) is 0 Å². The van der Waals surface area contributed by atoms with Crippen molar-refractivity contribution in [2.75, 3.05) is 12.3 Å². The van der Waals surface area contributed by atoms with Gasteiger partial charge < -0.3 is 0 Å². The molecule has 0 atom stereocenters. The summed E-state index contributed by atoms with van der Waals surface area (Å²) in [5, 5.41) is 1.58. The number of hydrogen-bond acceptors (Lipinski definition) is 0. The van der Waals surface area contributed by atoms with E-state index in [1.54, 1.807) is 5.30 Å². The largest absolute Gasteiger partial charge is 0.0741 e. The van der Waals surface area contributed by atoms with Crippen molar-refractivity contribution in [3.63, 3.8) is 0 Å². The SMILES string of the molecule is CC(C)CP(CC(C)C)c1ccccc1-c1ccccc1. The first kappa shape index (κ1) is 16.2. The molecule has 0 radical (unpaired) electrons. The van der Waals surface area contributed by atoms with Crippen molar-refractivity contribution < 1.29 is 0 Å². The van der Waals surface area contributed by atoms with Gasteiger partial charge in [-0.05, 0) is 40.6 Å². The van der Waals surface area contributed by atoms with E-state index in [9.17, 15) is 0 Å². The lowest BCUT2D eigenvalue weighted by molar-refractivity contribution is 0.721. The van der Waals surface area contributed by atoms with E-state index in [1.807, 2.05) is 0 Å². The predicted molar refractivity (Wildman–Crippen MR) is 97.8 cm³/mol. The summed E-state index contributed by atoms with van der Waals surface area (Å²) in [6.07, 6.45) is 2.66. The highest BCUT2D eigenvalue weighted by Gasteiger charge is 2.18. The van der Waals surface area contributed by atoms with Crippen LogP contribution in [0.2, 0.25) is 0 Å². The zero-order chi connectivity index (χ0) is 15.2. The standard InChI is InChI=1S/C20H27P/c1-16(2)14-21(15-17(3)4)20-13-9-8-12-19(20)18-10-6-5-7-11-18/h5-13,16-17H,14-15H2,1-4H3. The predicted octanol–water partition coefficient (Wildman–Crippen LogP) is 5.77. The quantitative estimate of drug-likeness (QED) is 0.594. The van der Waals surface area contributed by atoms with Gasteiger partial charge in [0.2, 0.25) is 0 Å². The lowest BCUT2D eigenvalue weighted by Gasteiger charge is -2.25. The van der Waals surface area contributed by atoms with E-state index < -0.39 is 0 Å². The van der Waals surface area contributed by atoms with Crippen LogP contribution in [0.1, 0.15) is 27.7 Å². The molecule has 21 heavy (non-hydrogen) atoms. The highest BCUT2D eigenvalue weighted by molar-refractivity contribution is 7.66. The minimum Gasteiger partial charge on any atom is -0.0741 e. The van der Waals surface area contributed by atoms with Crippen LogP contribution in [0.5, 0.6) is 0 Å². The molecule has 0 heterocycles. The summed E-state index contributed by atoms with van der Waals surface area (Å²) in [5.74, 6) is 1.53. The van der Waals surface area contributed by atoms with Gasteiger partial charge in [0.1, 0.15) is 0 Å². The number of rotatable bonds is 6. The topological polar surface area (TPSA) is 0 Å². The van der Waals surface area contributed by atoms with Crippen LogP contribution in [0.3, 0.4) is 0 Å². The van der Waals surface area contributed by atoms with Gasteiger partial charge in [-0.3, -0.25) is 0 Å². The molecular weight excluding hydrogens is 271 g/mol.